The van der Waals surface area contributed by atoms with Gasteiger partial charge in [0.1, 0.15) is 11.5 Å². The van der Waals surface area contributed by atoms with Gasteiger partial charge in [-0.15, -0.1) is 0 Å². The van der Waals surface area contributed by atoms with Crippen molar-refractivity contribution in [2.45, 2.75) is 58.5 Å². The van der Waals surface area contributed by atoms with Gasteiger partial charge in [0.25, 0.3) is 0 Å². The van der Waals surface area contributed by atoms with Gasteiger partial charge in [0.05, 0.1) is 6.04 Å². The van der Waals surface area contributed by atoms with Crippen LogP contribution in [0.15, 0.2) is 21.1 Å². The Morgan fingerprint density at radius 2 is 2.29 bits per heavy atom. The van der Waals surface area contributed by atoms with Gasteiger partial charge in [0.15, 0.2) is 5.82 Å². The van der Waals surface area contributed by atoms with E-state index in [0.29, 0.717) is 18.3 Å². The fraction of sp³-hybridized carbons (Fsp3) is 0.588. The smallest absolute Gasteiger partial charge is 0.318 e. The summed E-state index contributed by atoms with van der Waals surface area (Å²) in [5.74, 6) is 2.99. The van der Waals surface area contributed by atoms with E-state index in [9.17, 15) is 4.79 Å². The largest absolute Gasteiger partial charge is 0.466 e. The molecule has 0 aliphatic carbocycles. The number of nitrogens with zero attached hydrogens (tertiary/aromatic N) is 3. The van der Waals surface area contributed by atoms with E-state index >= 15 is 0 Å². The summed E-state index contributed by atoms with van der Waals surface area (Å²) in [6, 6.07) is 3.85. The van der Waals surface area contributed by atoms with Crippen molar-refractivity contribution in [2.24, 2.45) is 0 Å². The number of aryl methyl sites for hydroxylation is 3. The Hall–Kier alpha value is -2.31. The van der Waals surface area contributed by atoms with Crippen molar-refractivity contribution in [1.82, 2.24) is 20.4 Å². The van der Waals surface area contributed by atoms with E-state index in [1.807, 2.05) is 26.0 Å². The molecule has 7 nitrogen and oxygen atoms in total. The summed E-state index contributed by atoms with van der Waals surface area (Å²) in [6.07, 6.45) is 3.46. The molecule has 2 aromatic heterocycles. The van der Waals surface area contributed by atoms with Crippen LogP contribution in [0, 0.1) is 13.8 Å². The molecule has 1 N–H and O–H groups in total. The molecule has 3 heterocycles. The second-order valence-corrected chi connectivity index (χ2v) is 6.42. The van der Waals surface area contributed by atoms with E-state index < -0.39 is 0 Å². The molecule has 3 rings (SSSR count). The fourth-order valence-electron chi connectivity index (χ4n) is 3.07. The second-order valence-electron chi connectivity index (χ2n) is 6.42. The van der Waals surface area contributed by atoms with Gasteiger partial charge in [0, 0.05) is 25.9 Å². The Morgan fingerprint density at radius 1 is 1.46 bits per heavy atom. The number of urea groups is 1. The van der Waals surface area contributed by atoms with Crippen LogP contribution in [0.4, 0.5) is 4.79 Å². The number of amides is 2. The van der Waals surface area contributed by atoms with Crippen LogP contribution in [0.3, 0.4) is 0 Å². The molecular weight excluding hydrogens is 308 g/mol. The topological polar surface area (TPSA) is 84.4 Å². The van der Waals surface area contributed by atoms with Crippen LogP contribution in [-0.4, -0.2) is 33.7 Å². The van der Waals surface area contributed by atoms with Crippen LogP contribution in [-0.2, 0) is 6.42 Å². The van der Waals surface area contributed by atoms with E-state index in [2.05, 4.69) is 15.5 Å². The van der Waals surface area contributed by atoms with Crippen molar-refractivity contribution in [3.63, 3.8) is 0 Å². The molecular formula is C17H24N4O3. The van der Waals surface area contributed by atoms with Crippen molar-refractivity contribution in [2.75, 3.05) is 6.54 Å². The minimum absolute atomic E-state index is 0.0659. The zero-order valence-corrected chi connectivity index (χ0v) is 14.4. The zero-order valence-electron chi connectivity index (χ0n) is 14.4. The molecule has 0 unspecified atom stereocenters. The lowest BCUT2D eigenvalue weighted by atomic mass is 10.1. The van der Waals surface area contributed by atoms with Gasteiger partial charge in [-0.1, -0.05) is 5.16 Å². The van der Waals surface area contributed by atoms with Crippen molar-refractivity contribution in [3.05, 3.63) is 35.4 Å². The number of aromatic nitrogens is 2. The summed E-state index contributed by atoms with van der Waals surface area (Å²) in [5.41, 5.74) is 0. The SMILES string of the molecule is Cc1ccc(CC[C@H](C)NC(=O)N2CCC[C@@H]2c2noc(C)n2)o1. The van der Waals surface area contributed by atoms with E-state index in [1.54, 1.807) is 11.8 Å². The van der Waals surface area contributed by atoms with Crippen molar-refractivity contribution < 1.29 is 13.7 Å². The highest BCUT2D eigenvalue weighted by Crippen LogP contribution is 2.30. The Balaban J connectivity index is 1.53. The van der Waals surface area contributed by atoms with E-state index in [-0.39, 0.29) is 18.1 Å². The molecule has 130 valence electrons. The van der Waals surface area contributed by atoms with Crippen molar-refractivity contribution in [1.29, 1.82) is 0 Å². The molecule has 2 atom stereocenters. The number of hydrogen-bond acceptors (Lipinski definition) is 5. The molecule has 7 heteroatoms. The zero-order chi connectivity index (χ0) is 17.1. The molecule has 24 heavy (non-hydrogen) atoms. The Labute approximate surface area is 141 Å². The summed E-state index contributed by atoms with van der Waals surface area (Å²) in [7, 11) is 0. The summed E-state index contributed by atoms with van der Waals surface area (Å²) in [5, 5.41) is 7.03. The lowest BCUT2D eigenvalue weighted by Crippen LogP contribution is -2.43. The Kier molecular flexibility index (Phi) is 4.87. The van der Waals surface area contributed by atoms with Gasteiger partial charge >= 0.3 is 6.03 Å². The highest BCUT2D eigenvalue weighted by molar-refractivity contribution is 5.75. The highest BCUT2D eigenvalue weighted by atomic mass is 16.5. The molecule has 0 saturated carbocycles. The summed E-state index contributed by atoms with van der Waals surface area (Å²) in [4.78, 5) is 18.6. The van der Waals surface area contributed by atoms with E-state index in [1.165, 1.54) is 0 Å². The summed E-state index contributed by atoms with van der Waals surface area (Å²) >= 11 is 0. The third-order valence-corrected chi connectivity index (χ3v) is 4.34. The van der Waals surface area contributed by atoms with E-state index in [0.717, 1.165) is 37.2 Å². The molecule has 1 fully saturated rings. The van der Waals surface area contributed by atoms with Gasteiger partial charge in [-0.25, -0.2) is 4.79 Å². The standard InChI is InChI=1S/C17H24N4O3/c1-11(6-8-14-9-7-12(2)23-14)18-17(22)21-10-4-5-15(21)16-19-13(3)24-20-16/h7,9,11,15H,4-6,8,10H2,1-3H3,(H,18,22)/t11-,15+/m0/s1. The second kappa shape index (κ2) is 7.07. The Bertz CT molecular complexity index is 694. The summed E-state index contributed by atoms with van der Waals surface area (Å²) < 4.78 is 10.6. The quantitative estimate of drug-likeness (QED) is 0.909. The molecule has 0 spiro atoms. The first-order chi connectivity index (χ1) is 11.5. The number of likely N-dealkylation sites (tertiary alicyclic amines) is 1. The highest BCUT2D eigenvalue weighted by Gasteiger charge is 2.33. The first kappa shape index (κ1) is 16.5. The first-order valence-corrected chi connectivity index (χ1v) is 8.45. The van der Waals surface area contributed by atoms with Crippen molar-refractivity contribution in [3.8, 4) is 0 Å². The minimum Gasteiger partial charge on any atom is -0.466 e. The van der Waals surface area contributed by atoms with Gasteiger partial charge < -0.3 is 19.2 Å². The molecule has 0 bridgehead atoms. The number of carbonyl (C=O) groups excluding carboxylic acids is 1. The minimum atomic E-state index is -0.0950. The lowest BCUT2D eigenvalue weighted by molar-refractivity contribution is 0.186. The van der Waals surface area contributed by atoms with Gasteiger partial charge in [-0.05, 0) is 45.2 Å². The fourth-order valence-corrected chi connectivity index (χ4v) is 3.07. The van der Waals surface area contributed by atoms with Crippen LogP contribution in [0.5, 0.6) is 0 Å². The average molecular weight is 332 g/mol. The number of hydrogen-bond donors (Lipinski definition) is 1. The van der Waals surface area contributed by atoms with Crippen LogP contribution in [0.25, 0.3) is 0 Å². The van der Waals surface area contributed by atoms with E-state index in [4.69, 9.17) is 8.94 Å². The number of furan rings is 1. The molecule has 1 saturated heterocycles. The third-order valence-electron chi connectivity index (χ3n) is 4.34. The predicted octanol–water partition coefficient (Wildman–Crippen LogP) is 3.15. The van der Waals surface area contributed by atoms with Gasteiger partial charge in [0.2, 0.25) is 5.89 Å². The van der Waals surface area contributed by atoms with Crippen LogP contribution in [0.2, 0.25) is 0 Å². The van der Waals surface area contributed by atoms with Crippen LogP contribution < -0.4 is 5.32 Å². The van der Waals surface area contributed by atoms with Gasteiger partial charge in [-0.2, -0.15) is 4.98 Å². The third kappa shape index (κ3) is 3.77. The maximum atomic E-state index is 12.6. The van der Waals surface area contributed by atoms with Crippen LogP contribution in [0.1, 0.15) is 55.5 Å². The predicted molar refractivity (Wildman–Crippen MR) is 87.5 cm³/mol. The lowest BCUT2D eigenvalue weighted by Gasteiger charge is -2.25. The number of rotatable bonds is 5. The Morgan fingerprint density at radius 3 is 2.96 bits per heavy atom. The van der Waals surface area contributed by atoms with Gasteiger partial charge in [-0.3, -0.25) is 0 Å². The summed E-state index contributed by atoms with van der Waals surface area (Å²) in [6.45, 7) is 6.42. The first-order valence-electron chi connectivity index (χ1n) is 8.45. The normalized spacial score (nSPS) is 18.8. The molecule has 0 aromatic carbocycles. The molecule has 2 aromatic rings. The van der Waals surface area contributed by atoms with Crippen molar-refractivity contribution >= 4 is 6.03 Å². The average Bonchev–Trinajstić information content (AvgIpc) is 3.25. The number of carbonyl (C=O) groups is 1. The maximum absolute atomic E-state index is 12.6. The molecule has 0 radical (unpaired) electrons. The monoisotopic (exact) mass is 332 g/mol. The number of nitrogens with one attached hydrogen (secondary N) is 1. The van der Waals surface area contributed by atoms with Crippen LogP contribution >= 0.6 is 0 Å². The molecule has 1 aliphatic heterocycles. The molecule has 2 amide bonds. The maximum Gasteiger partial charge on any atom is 0.318 e. The molecule has 1 aliphatic rings.